The van der Waals surface area contributed by atoms with E-state index in [2.05, 4.69) is 9.97 Å². The van der Waals surface area contributed by atoms with Gasteiger partial charge in [-0.15, -0.1) is 0 Å². The second-order valence-electron chi connectivity index (χ2n) is 11.9. The Balaban J connectivity index is 1.21. The van der Waals surface area contributed by atoms with E-state index in [4.69, 9.17) is 24.8 Å². The summed E-state index contributed by atoms with van der Waals surface area (Å²) < 4.78 is 30.5. The molecule has 0 spiro atoms. The molecule has 1 aliphatic heterocycles. The van der Waals surface area contributed by atoms with E-state index in [0.29, 0.717) is 18.4 Å². The lowest BCUT2D eigenvalue weighted by Gasteiger charge is -2.18. The molecule has 6 N–H and O–H groups in total. The summed E-state index contributed by atoms with van der Waals surface area (Å²) >= 11 is 0. The maximum absolute atomic E-state index is 12.6. The molecule has 0 amide bonds. The van der Waals surface area contributed by atoms with E-state index in [-0.39, 0.29) is 36.4 Å². The van der Waals surface area contributed by atoms with Crippen molar-refractivity contribution >= 4 is 24.3 Å². The summed E-state index contributed by atoms with van der Waals surface area (Å²) in [5, 5.41) is 39.5. The minimum Gasteiger partial charge on any atom is -0.397 e. The average molecular weight is 654 g/mol. The van der Waals surface area contributed by atoms with Gasteiger partial charge in [0.2, 0.25) is 0 Å². The van der Waals surface area contributed by atoms with Crippen LogP contribution in [0.25, 0.3) is 11.0 Å². The van der Waals surface area contributed by atoms with Gasteiger partial charge in [-0.2, -0.15) is 5.26 Å². The Bertz CT molecular complexity index is 1220. The Hall–Kier alpha value is -2.14. The molecular weight excluding hydrogens is 601 g/mol. The van der Waals surface area contributed by atoms with E-state index < -0.39 is 32.1 Å². The summed E-state index contributed by atoms with van der Waals surface area (Å²) in [4.78, 5) is 18.4. The molecule has 0 aromatic carbocycles. The number of aliphatic hydroxyl groups excluding tert-OH is 3. The number of hydrogen-bond donors (Lipinski definition) is 5. The molecule has 3 heterocycles. The number of nitrogens with zero attached hydrogens (tertiary/aromatic N) is 4. The molecule has 0 aliphatic carbocycles. The molecule has 254 valence electrons. The van der Waals surface area contributed by atoms with Crippen LogP contribution in [0.15, 0.2) is 12.5 Å². The largest absolute Gasteiger partial charge is 0.397 e. The minimum atomic E-state index is -3.89. The number of anilines is 1. The van der Waals surface area contributed by atoms with Crippen LogP contribution in [0.3, 0.4) is 0 Å². The van der Waals surface area contributed by atoms with E-state index >= 15 is 0 Å². The van der Waals surface area contributed by atoms with Crippen molar-refractivity contribution in [3.8, 4) is 6.07 Å². The number of ether oxygens (including phenoxy) is 2. The molecular formula is C31H52N5O8P. The summed E-state index contributed by atoms with van der Waals surface area (Å²) in [7, 11) is -3.89. The first kappa shape index (κ1) is 37.3. The third-order valence-electron chi connectivity index (χ3n) is 8.22. The van der Waals surface area contributed by atoms with Gasteiger partial charge in [0.05, 0.1) is 17.7 Å². The van der Waals surface area contributed by atoms with Gasteiger partial charge in [-0.3, -0.25) is 4.57 Å². The maximum atomic E-state index is 12.6. The van der Waals surface area contributed by atoms with Crippen molar-refractivity contribution in [2.24, 2.45) is 0 Å². The molecule has 2 aromatic heterocycles. The van der Waals surface area contributed by atoms with Crippen molar-refractivity contribution in [2.45, 2.75) is 121 Å². The summed E-state index contributed by atoms with van der Waals surface area (Å²) in [5.41, 5.74) is 6.60. The van der Waals surface area contributed by atoms with Crippen LogP contribution in [0.4, 0.5) is 5.69 Å². The number of rotatable bonds is 24. The fourth-order valence-corrected chi connectivity index (χ4v) is 6.78. The average Bonchev–Trinajstić information content (AvgIpc) is 3.52. The van der Waals surface area contributed by atoms with Gasteiger partial charge in [-0.05, 0) is 19.3 Å². The van der Waals surface area contributed by atoms with Crippen LogP contribution in [-0.2, 0) is 18.6 Å². The van der Waals surface area contributed by atoms with Gasteiger partial charge in [0.15, 0.2) is 11.9 Å². The van der Waals surface area contributed by atoms with E-state index in [0.717, 1.165) is 38.7 Å². The summed E-state index contributed by atoms with van der Waals surface area (Å²) in [6.45, 7) is 1.29. The Labute approximate surface area is 266 Å². The summed E-state index contributed by atoms with van der Waals surface area (Å²) in [6.07, 6.45) is 14.4. The monoisotopic (exact) mass is 653 g/mol. The van der Waals surface area contributed by atoms with Crippen LogP contribution in [0, 0.1) is 11.3 Å². The molecule has 5 atom stereocenters. The molecule has 0 saturated carbocycles. The smallest absolute Gasteiger partial charge is 0.328 e. The molecule has 1 unspecified atom stereocenters. The zero-order valence-electron chi connectivity index (χ0n) is 26.3. The molecule has 13 nitrogen and oxygen atoms in total. The highest BCUT2D eigenvalue weighted by Crippen LogP contribution is 2.44. The number of nitrogens with two attached hydrogens (primary N) is 1. The number of hydrogen-bond acceptors (Lipinski definition) is 11. The molecule has 45 heavy (non-hydrogen) atoms. The second-order valence-corrected chi connectivity index (χ2v) is 13.8. The SMILES string of the molecule is N#Cc1ncnc2c1c(N)cn2[C@@H]1O[C@H](COP(=O)(O)CCCCCCCCCCCCCCCCOCCCO)[C@@H](O)[C@H]1O. The van der Waals surface area contributed by atoms with E-state index in [1.54, 1.807) is 0 Å². The number of aromatic nitrogens is 3. The number of fused-ring (bicyclic) bond motifs is 1. The Morgan fingerprint density at radius 1 is 0.911 bits per heavy atom. The van der Waals surface area contributed by atoms with Crippen molar-refractivity contribution in [1.29, 1.82) is 5.26 Å². The zero-order valence-corrected chi connectivity index (χ0v) is 27.2. The third-order valence-corrected chi connectivity index (χ3v) is 9.66. The maximum Gasteiger partial charge on any atom is 0.328 e. The van der Waals surface area contributed by atoms with Crippen LogP contribution < -0.4 is 5.73 Å². The summed E-state index contributed by atoms with van der Waals surface area (Å²) in [5.74, 6) is 0. The predicted octanol–water partition coefficient (Wildman–Crippen LogP) is 4.57. The van der Waals surface area contributed by atoms with Gasteiger partial charge in [0, 0.05) is 32.2 Å². The molecule has 0 bridgehead atoms. The molecule has 1 aliphatic rings. The first-order valence-electron chi connectivity index (χ1n) is 16.5. The third kappa shape index (κ3) is 12.2. The van der Waals surface area contributed by atoms with Gasteiger partial charge >= 0.3 is 7.60 Å². The van der Waals surface area contributed by atoms with Gasteiger partial charge in [-0.1, -0.05) is 77.0 Å². The van der Waals surface area contributed by atoms with E-state index in [1.807, 2.05) is 6.07 Å². The van der Waals surface area contributed by atoms with Gasteiger partial charge < -0.3 is 44.5 Å². The van der Waals surface area contributed by atoms with E-state index in [1.165, 1.54) is 74.9 Å². The fourth-order valence-electron chi connectivity index (χ4n) is 5.65. The van der Waals surface area contributed by atoms with Crippen LogP contribution in [0.5, 0.6) is 0 Å². The first-order chi connectivity index (χ1) is 21.8. The highest BCUT2D eigenvalue weighted by molar-refractivity contribution is 7.52. The lowest BCUT2D eigenvalue weighted by Crippen LogP contribution is -2.33. The Kier molecular flexibility index (Phi) is 16.7. The van der Waals surface area contributed by atoms with Crippen LogP contribution >= 0.6 is 7.60 Å². The molecule has 14 heteroatoms. The predicted molar refractivity (Wildman–Crippen MR) is 170 cm³/mol. The molecule has 3 rings (SSSR count). The van der Waals surface area contributed by atoms with Crippen LogP contribution in [0.1, 0.15) is 108 Å². The second kappa shape index (κ2) is 20.2. The number of aliphatic hydroxyl groups is 3. The van der Waals surface area contributed by atoms with Crippen molar-refractivity contribution < 1.29 is 38.8 Å². The first-order valence-corrected chi connectivity index (χ1v) is 18.2. The lowest BCUT2D eigenvalue weighted by molar-refractivity contribution is -0.0481. The molecule has 0 radical (unpaired) electrons. The van der Waals surface area contributed by atoms with Crippen molar-refractivity contribution in [2.75, 3.05) is 38.3 Å². The van der Waals surface area contributed by atoms with Gasteiger partial charge in [-0.25, -0.2) is 9.97 Å². The highest BCUT2D eigenvalue weighted by atomic mass is 31.2. The molecule has 1 fully saturated rings. The van der Waals surface area contributed by atoms with Gasteiger partial charge in [0.25, 0.3) is 0 Å². The zero-order chi connectivity index (χ0) is 32.5. The van der Waals surface area contributed by atoms with Gasteiger partial charge in [0.1, 0.15) is 36.4 Å². The number of nitriles is 1. The quantitative estimate of drug-likeness (QED) is 0.0780. The number of unbranched alkanes of at least 4 members (excludes halogenated alkanes) is 13. The Morgan fingerprint density at radius 2 is 1.49 bits per heavy atom. The van der Waals surface area contributed by atoms with Crippen LogP contribution in [0.2, 0.25) is 0 Å². The standard InChI is InChI=1S/C31H52N5O8P/c32-20-25-27-24(33)21-36(30(27)35-23-34-25)31-29(39)28(38)26(44-31)22-43-45(40,41)19-14-12-10-8-6-4-2-1-3-5-7-9-11-13-17-42-18-15-16-37/h21,23,26,28-29,31,37-39H,1-19,22,33H2,(H,40,41)/t26-,28-,29-,31-/m1/s1. The molecule has 1 saturated heterocycles. The van der Waals surface area contributed by atoms with Crippen molar-refractivity contribution in [3.05, 3.63) is 18.2 Å². The minimum absolute atomic E-state index is 0.0190. The van der Waals surface area contributed by atoms with Crippen molar-refractivity contribution in [3.63, 3.8) is 0 Å². The van der Waals surface area contributed by atoms with E-state index in [9.17, 15) is 24.9 Å². The normalized spacial score (nSPS) is 21.3. The van der Waals surface area contributed by atoms with Crippen molar-refractivity contribution in [1.82, 2.24) is 14.5 Å². The summed E-state index contributed by atoms with van der Waals surface area (Å²) in [6, 6.07) is 1.95. The fraction of sp³-hybridized carbons (Fsp3) is 0.774. The topological polar surface area (TPSA) is 206 Å². The van der Waals surface area contributed by atoms with Crippen LogP contribution in [-0.4, -0.2) is 85.6 Å². The highest BCUT2D eigenvalue weighted by Gasteiger charge is 2.45. The molecule has 2 aromatic rings. The Morgan fingerprint density at radius 3 is 2.09 bits per heavy atom. The number of nitrogen functional groups attached to an aromatic ring is 1. The lowest BCUT2D eigenvalue weighted by atomic mass is 10.0.